The van der Waals surface area contributed by atoms with Gasteiger partial charge >= 0.3 is 102 Å². The van der Waals surface area contributed by atoms with E-state index in [0.717, 1.165) is 0 Å². The molecule has 0 spiro atoms. The Labute approximate surface area is 101 Å². The Morgan fingerprint density at radius 2 is 1.12 bits per heavy atom. The molecule has 0 unspecified atom stereocenters. The van der Waals surface area contributed by atoms with Crippen molar-refractivity contribution < 1.29 is 3.07 Å². The summed E-state index contributed by atoms with van der Waals surface area (Å²) in [5.74, 6) is 0. The molecule has 2 aromatic rings. The molecule has 0 aromatic heterocycles. The van der Waals surface area contributed by atoms with Crippen molar-refractivity contribution in [2.75, 3.05) is 7.11 Å². The summed E-state index contributed by atoms with van der Waals surface area (Å²) in [6.07, 6.45) is 0. The van der Waals surface area contributed by atoms with Gasteiger partial charge in [-0.25, -0.2) is 0 Å². The van der Waals surface area contributed by atoms with Crippen LogP contribution >= 0.6 is 0 Å². The Morgan fingerprint density at radius 3 is 1.44 bits per heavy atom. The quantitative estimate of drug-likeness (QED) is 0.787. The van der Waals surface area contributed by atoms with Crippen LogP contribution in [0.15, 0.2) is 60.7 Å². The summed E-state index contributed by atoms with van der Waals surface area (Å²) >= 11 is -2.80. The molecule has 0 bridgehead atoms. The van der Waals surface area contributed by atoms with Crippen molar-refractivity contribution in [1.82, 2.24) is 0 Å². The average molecular weight is 319 g/mol. The Bertz CT molecular complexity index is 399. The van der Waals surface area contributed by atoms with Gasteiger partial charge in [-0.15, -0.1) is 0 Å². The van der Waals surface area contributed by atoms with Crippen molar-refractivity contribution in [3.63, 3.8) is 0 Å². The van der Waals surface area contributed by atoms with E-state index in [9.17, 15) is 0 Å². The summed E-state index contributed by atoms with van der Waals surface area (Å²) in [7, 11) is 1.84. The zero-order valence-corrected chi connectivity index (χ0v) is 12.5. The van der Waals surface area contributed by atoms with E-state index in [-0.39, 0.29) is 0 Å². The standard InChI is InChI=1S/2C6H5.CH3O.CH3.Sn/c2*1-2-4-6-5-3-1;1-2;;/h2*1-5H;1H3;1H3;/q;;-1;;+1. The van der Waals surface area contributed by atoms with Gasteiger partial charge in [0.05, 0.1) is 0 Å². The van der Waals surface area contributed by atoms with Gasteiger partial charge in [0, 0.05) is 0 Å². The Hall–Kier alpha value is -0.801. The van der Waals surface area contributed by atoms with Crippen molar-refractivity contribution in [2.24, 2.45) is 0 Å². The fourth-order valence-electron chi connectivity index (χ4n) is 1.91. The van der Waals surface area contributed by atoms with Gasteiger partial charge in [0.25, 0.3) is 0 Å². The predicted octanol–water partition coefficient (Wildman–Crippen LogP) is 2.02. The minimum absolute atomic E-state index is 1.38. The molecule has 0 fully saturated rings. The van der Waals surface area contributed by atoms with Gasteiger partial charge in [0.15, 0.2) is 0 Å². The number of benzene rings is 2. The summed E-state index contributed by atoms with van der Waals surface area (Å²) in [6, 6.07) is 21.2. The first-order valence-electron chi connectivity index (χ1n) is 5.43. The molecule has 0 aliphatic carbocycles. The molecule has 0 N–H and O–H groups in total. The zero-order valence-electron chi connectivity index (χ0n) is 9.68. The van der Waals surface area contributed by atoms with E-state index in [1.807, 2.05) is 7.11 Å². The Kier molecular flexibility index (Phi) is 3.66. The van der Waals surface area contributed by atoms with Gasteiger partial charge in [0.1, 0.15) is 0 Å². The molecule has 0 aliphatic rings. The summed E-state index contributed by atoms with van der Waals surface area (Å²) in [4.78, 5) is 2.30. The van der Waals surface area contributed by atoms with Crippen molar-refractivity contribution in [1.29, 1.82) is 0 Å². The summed E-state index contributed by atoms with van der Waals surface area (Å²) in [5, 5.41) is 0. The fourth-order valence-corrected chi connectivity index (χ4v) is 8.94. The third kappa shape index (κ3) is 2.15. The van der Waals surface area contributed by atoms with Crippen LogP contribution in [0, 0.1) is 0 Å². The number of hydrogen-bond acceptors (Lipinski definition) is 1. The molecule has 2 rings (SSSR count). The minimum atomic E-state index is -2.80. The van der Waals surface area contributed by atoms with Gasteiger partial charge < -0.3 is 0 Å². The monoisotopic (exact) mass is 320 g/mol. The zero-order chi connectivity index (χ0) is 11.4. The first kappa shape index (κ1) is 11.7. The summed E-state index contributed by atoms with van der Waals surface area (Å²) < 4.78 is 8.68. The van der Waals surface area contributed by atoms with Crippen LogP contribution in [0.2, 0.25) is 4.94 Å². The topological polar surface area (TPSA) is 9.23 Å². The van der Waals surface area contributed by atoms with Crippen LogP contribution in [0.4, 0.5) is 0 Å². The van der Waals surface area contributed by atoms with E-state index in [4.69, 9.17) is 3.07 Å². The van der Waals surface area contributed by atoms with Gasteiger partial charge in [-0.1, -0.05) is 0 Å². The van der Waals surface area contributed by atoms with Crippen LogP contribution in [0.1, 0.15) is 0 Å². The molecule has 0 radical (unpaired) electrons. The van der Waals surface area contributed by atoms with Gasteiger partial charge in [-0.3, -0.25) is 0 Å². The van der Waals surface area contributed by atoms with Gasteiger partial charge in [-0.05, 0) is 0 Å². The van der Waals surface area contributed by atoms with Crippen LogP contribution in [0.5, 0.6) is 0 Å². The maximum atomic E-state index is 5.92. The van der Waals surface area contributed by atoms with Crippen LogP contribution in [-0.2, 0) is 3.07 Å². The first-order valence-corrected chi connectivity index (χ1v) is 12.3. The van der Waals surface area contributed by atoms with E-state index >= 15 is 0 Å². The van der Waals surface area contributed by atoms with E-state index in [1.165, 1.54) is 7.16 Å². The second kappa shape index (κ2) is 5.02. The van der Waals surface area contributed by atoms with E-state index in [1.54, 1.807) is 0 Å². The molecule has 82 valence electrons. The van der Waals surface area contributed by atoms with Crippen molar-refractivity contribution in [3.05, 3.63) is 60.7 Å². The van der Waals surface area contributed by atoms with E-state index in [2.05, 4.69) is 65.6 Å². The predicted molar refractivity (Wildman–Crippen MR) is 70.8 cm³/mol. The molecule has 2 heteroatoms. The molecule has 16 heavy (non-hydrogen) atoms. The second-order valence-corrected chi connectivity index (χ2v) is 14.3. The summed E-state index contributed by atoms with van der Waals surface area (Å²) in [6.45, 7) is 0. The van der Waals surface area contributed by atoms with Crippen LogP contribution in [0.3, 0.4) is 0 Å². The molecular formula is C14H16OSn. The van der Waals surface area contributed by atoms with Crippen molar-refractivity contribution in [2.45, 2.75) is 4.94 Å². The Morgan fingerprint density at radius 1 is 0.750 bits per heavy atom. The van der Waals surface area contributed by atoms with E-state index < -0.39 is 18.8 Å². The normalized spacial score (nSPS) is 11.4. The van der Waals surface area contributed by atoms with Gasteiger partial charge in [0.2, 0.25) is 0 Å². The third-order valence-electron chi connectivity index (χ3n) is 3.06. The van der Waals surface area contributed by atoms with Crippen LogP contribution in [-0.4, -0.2) is 25.9 Å². The molecule has 0 aliphatic heterocycles. The molecule has 1 nitrogen and oxygen atoms in total. The molecular weight excluding hydrogens is 303 g/mol. The first-order chi connectivity index (χ1) is 7.77. The van der Waals surface area contributed by atoms with Crippen molar-refractivity contribution in [3.8, 4) is 0 Å². The molecule has 0 atom stereocenters. The molecule has 0 saturated heterocycles. The third-order valence-corrected chi connectivity index (χ3v) is 13.6. The second-order valence-electron chi connectivity index (χ2n) is 3.97. The Balaban J connectivity index is 2.49. The van der Waals surface area contributed by atoms with E-state index in [0.29, 0.717) is 0 Å². The van der Waals surface area contributed by atoms with Gasteiger partial charge in [-0.2, -0.15) is 0 Å². The SMILES string of the molecule is C[O][Sn]([CH3])([c]1ccccc1)[c]1ccccc1. The molecule has 2 aromatic carbocycles. The number of hydrogen-bond donors (Lipinski definition) is 0. The molecule has 0 heterocycles. The summed E-state index contributed by atoms with van der Waals surface area (Å²) in [5.41, 5.74) is 0. The fraction of sp³-hybridized carbons (Fsp3) is 0.143. The van der Waals surface area contributed by atoms with Crippen LogP contribution in [0.25, 0.3) is 0 Å². The molecule has 0 amide bonds. The number of rotatable bonds is 3. The maximum absolute atomic E-state index is 5.92. The van der Waals surface area contributed by atoms with Crippen LogP contribution < -0.4 is 7.16 Å². The molecule has 0 saturated carbocycles. The van der Waals surface area contributed by atoms with Crippen molar-refractivity contribution >= 4 is 25.9 Å². The average Bonchev–Trinajstić information content (AvgIpc) is 2.40.